The first-order valence-corrected chi connectivity index (χ1v) is 7.43. The van der Waals surface area contributed by atoms with Gasteiger partial charge in [-0.05, 0) is 44.4 Å². The second-order valence-electron chi connectivity index (χ2n) is 5.38. The standard InChI is InChI=1S/C16H21N3O/c1-3-17-13-6-4-5-7-14-12(13)10-18-16(19-14)15-11(2)8-9-20-15/h8-10,13,17H,3-7H2,1-2H3. The molecule has 0 spiro atoms. The summed E-state index contributed by atoms with van der Waals surface area (Å²) in [6, 6.07) is 2.34. The number of aromatic nitrogens is 2. The normalized spacial score (nSPS) is 18.6. The van der Waals surface area contributed by atoms with Crippen molar-refractivity contribution in [3.05, 3.63) is 35.3 Å². The van der Waals surface area contributed by atoms with E-state index in [0.717, 1.165) is 24.3 Å². The van der Waals surface area contributed by atoms with Gasteiger partial charge in [-0.1, -0.05) is 13.3 Å². The van der Waals surface area contributed by atoms with Crippen molar-refractivity contribution in [2.45, 2.75) is 45.6 Å². The van der Waals surface area contributed by atoms with E-state index < -0.39 is 0 Å². The highest BCUT2D eigenvalue weighted by Gasteiger charge is 2.21. The first-order chi connectivity index (χ1) is 9.79. The predicted molar refractivity (Wildman–Crippen MR) is 78.4 cm³/mol. The Morgan fingerprint density at radius 1 is 1.40 bits per heavy atom. The maximum atomic E-state index is 5.51. The smallest absolute Gasteiger partial charge is 0.196 e. The summed E-state index contributed by atoms with van der Waals surface area (Å²) >= 11 is 0. The fourth-order valence-electron chi connectivity index (χ4n) is 2.88. The van der Waals surface area contributed by atoms with Gasteiger partial charge < -0.3 is 9.73 Å². The van der Waals surface area contributed by atoms with Crippen LogP contribution in [-0.4, -0.2) is 16.5 Å². The van der Waals surface area contributed by atoms with Crippen LogP contribution >= 0.6 is 0 Å². The summed E-state index contributed by atoms with van der Waals surface area (Å²) in [5.74, 6) is 1.50. The van der Waals surface area contributed by atoms with E-state index in [4.69, 9.17) is 9.40 Å². The van der Waals surface area contributed by atoms with Gasteiger partial charge in [0.25, 0.3) is 0 Å². The number of fused-ring (bicyclic) bond motifs is 1. The van der Waals surface area contributed by atoms with Gasteiger partial charge in [-0.15, -0.1) is 0 Å². The topological polar surface area (TPSA) is 51.0 Å². The fraction of sp³-hybridized carbons (Fsp3) is 0.500. The first-order valence-electron chi connectivity index (χ1n) is 7.43. The summed E-state index contributed by atoms with van der Waals surface area (Å²) in [6.07, 6.45) is 8.32. The average Bonchev–Trinajstić information content (AvgIpc) is 2.78. The molecule has 106 valence electrons. The largest absolute Gasteiger partial charge is 0.461 e. The van der Waals surface area contributed by atoms with Gasteiger partial charge in [0.15, 0.2) is 11.6 Å². The van der Waals surface area contributed by atoms with E-state index in [1.165, 1.54) is 30.5 Å². The second kappa shape index (κ2) is 5.75. The third-order valence-electron chi connectivity index (χ3n) is 3.95. The number of hydrogen-bond acceptors (Lipinski definition) is 4. The van der Waals surface area contributed by atoms with E-state index in [2.05, 4.69) is 17.2 Å². The molecule has 4 nitrogen and oxygen atoms in total. The number of nitrogens with one attached hydrogen (secondary N) is 1. The van der Waals surface area contributed by atoms with Gasteiger partial charge in [0.2, 0.25) is 0 Å². The van der Waals surface area contributed by atoms with Crippen LogP contribution in [0.3, 0.4) is 0 Å². The molecule has 1 N–H and O–H groups in total. The molecule has 2 aromatic heterocycles. The van der Waals surface area contributed by atoms with Gasteiger partial charge >= 0.3 is 0 Å². The molecule has 0 bridgehead atoms. The van der Waals surface area contributed by atoms with E-state index >= 15 is 0 Å². The van der Waals surface area contributed by atoms with Gasteiger partial charge in [-0.25, -0.2) is 9.97 Å². The Kier molecular flexibility index (Phi) is 3.83. The number of aryl methyl sites for hydroxylation is 2. The molecule has 0 fully saturated rings. The highest BCUT2D eigenvalue weighted by atomic mass is 16.3. The van der Waals surface area contributed by atoms with Crippen molar-refractivity contribution in [1.29, 1.82) is 0 Å². The van der Waals surface area contributed by atoms with Gasteiger partial charge in [-0.3, -0.25) is 0 Å². The van der Waals surface area contributed by atoms with Gasteiger partial charge in [-0.2, -0.15) is 0 Å². The molecule has 1 atom stereocenters. The van der Waals surface area contributed by atoms with Crippen molar-refractivity contribution < 1.29 is 4.42 Å². The lowest BCUT2D eigenvalue weighted by Gasteiger charge is -2.17. The van der Waals surface area contributed by atoms with Crippen LogP contribution in [0.1, 0.15) is 49.0 Å². The summed E-state index contributed by atoms with van der Waals surface area (Å²) in [4.78, 5) is 9.29. The zero-order valence-corrected chi connectivity index (χ0v) is 12.1. The molecule has 0 aromatic carbocycles. The Labute approximate surface area is 119 Å². The molecule has 1 aliphatic rings. The van der Waals surface area contributed by atoms with Crippen LogP contribution in [0.5, 0.6) is 0 Å². The molecule has 2 heterocycles. The minimum absolute atomic E-state index is 0.393. The molecule has 3 rings (SSSR count). The molecular formula is C16H21N3O. The SMILES string of the molecule is CCNC1CCCCc2nc(-c3occc3C)ncc21. The van der Waals surface area contributed by atoms with Crippen LogP contribution in [0.4, 0.5) is 0 Å². The van der Waals surface area contributed by atoms with Crippen molar-refractivity contribution in [2.24, 2.45) is 0 Å². The Balaban J connectivity index is 1.99. The minimum Gasteiger partial charge on any atom is -0.461 e. The average molecular weight is 271 g/mol. The monoisotopic (exact) mass is 271 g/mol. The zero-order chi connectivity index (χ0) is 13.9. The molecule has 1 unspecified atom stereocenters. The maximum Gasteiger partial charge on any atom is 0.196 e. The summed E-state index contributed by atoms with van der Waals surface area (Å²) < 4.78 is 5.51. The number of rotatable bonds is 3. The highest BCUT2D eigenvalue weighted by Crippen LogP contribution is 2.29. The lowest BCUT2D eigenvalue weighted by molar-refractivity contribution is 0.502. The van der Waals surface area contributed by atoms with E-state index in [1.807, 2.05) is 19.2 Å². The number of furan rings is 1. The predicted octanol–water partition coefficient (Wildman–Crippen LogP) is 3.42. The van der Waals surface area contributed by atoms with E-state index in [1.54, 1.807) is 6.26 Å². The molecule has 0 saturated heterocycles. The van der Waals surface area contributed by atoms with Crippen molar-refractivity contribution in [3.63, 3.8) is 0 Å². The number of hydrogen-bond donors (Lipinski definition) is 1. The van der Waals surface area contributed by atoms with Crippen LogP contribution in [-0.2, 0) is 6.42 Å². The highest BCUT2D eigenvalue weighted by molar-refractivity contribution is 5.52. The summed E-state index contributed by atoms with van der Waals surface area (Å²) in [5, 5.41) is 3.54. The van der Waals surface area contributed by atoms with Crippen molar-refractivity contribution in [3.8, 4) is 11.6 Å². The minimum atomic E-state index is 0.393. The van der Waals surface area contributed by atoms with Crippen LogP contribution in [0.15, 0.2) is 22.9 Å². The molecular weight excluding hydrogens is 250 g/mol. The van der Waals surface area contributed by atoms with Gasteiger partial charge in [0.1, 0.15) is 0 Å². The molecule has 0 aliphatic heterocycles. The summed E-state index contributed by atoms with van der Waals surface area (Å²) in [5.41, 5.74) is 3.52. The molecule has 0 saturated carbocycles. The molecule has 0 amide bonds. The molecule has 20 heavy (non-hydrogen) atoms. The van der Waals surface area contributed by atoms with Crippen molar-refractivity contribution >= 4 is 0 Å². The Morgan fingerprint density at radius 2 is 2.30 bits per heavy atom. The zero-order valence-electron chi connectivity index (χ0n) is 12.1. The first kappa shape index (κ1) is 13.3. The van der Waals surface area contributed by atoms with Crippen LogP contribution in [0.2, 0.25) is 0 Å². The van der Waals surface area contributed by atoms with Crippen molar-refractivity contribution in [1.82, 2.24) is 15.3 Å². The molecule has 0 radical (unpaired) electrons. The summed E-state index contributed by atoms with van der Waals surface area (Å²) in [6.45, 7) is 5.14. The van der Waals surface area contributed by atoms with Gasteiger partial charge in [0.05, 0.1) is 6.26 Å². The van der Waals surface area contributed by atoms with Crippen LogP contribution in [0.25, 0.3) is 11.6 Å². The summed E-state index contributed by atoms with van der Waals surface area (Å²) in [7, 11) is 0. The number of nitrogens with zero attached hydrogens (tertiary/aromatic N) is 2. The fourth-order valence-corrected chi connectivity index (χ4v) is 2.88. The molecule has 4 heteroatoms. The van der Waals surface area contributed by atoms with Gasteiger partial charge in [0, 0.05) is 23.5 Å². The lowest BCUT2D eigenvalue weighted by atomic mass is 10.0. The second-order valence-corrected chi connectivity index (χ2v) is 5.38. The Bertz CT molecular complexity index is 591. The Morgan fingerprint density at radius 3 is 3.05 bits per heavy atom. The van der Waals surface area contributed by atoms with E-state index in [-0.39, 0.29) is 0 Å². The van der Waals surface area contributed by atoms with E-state index in [9.17, 15) is 0 Å². The molecule has 1 aliphatic carbocycles. The quantitative estimate of drug-likeness (QED) is 0.869. The molecule has 2 aromatic rings. The Hall–Kier alpha value is -1.68. The maximum absolute atomic E-state index is 5.51. The van der Waals surface area contributed by atoms with Crippen molar-refractivity contribution in [2.75, 3.05) is 6.54 Å². The van der Waals surface area contributed by atoms with Crippen LogP contribution < -0.4 is 5.32 Å². The lowest BCUT2D eigenvalue weighted by Crippen LogP contribution is -2.21. The van der Waals surface area contributed by atoms with E-state index in [0.29, 0.717) is 11.9 Å². The van der Waals surface area contributed by atoms with Crippen LogP contribution in [0, 0.1) is 6.92 Å². The third-order valence-corrected chi connectivity index (χ3v) is 3.95. The third kappa shape index (κ3) is 2.48.